The zero-order valence-electron chi connectivity index (χ0n) is 8.84. The van der Waals surface area contributed by atoms with Crippen LogP contribution in [-0.4, -0.2) is 14.1 Å². The van der Waals surface area contributed by atoms with E-state index in [1.165, 1.54) is 16.7 Å². The van der Waals surface area contributed by atoms with Gasteiger partial charge in [-0.15, -0.1) is 12.1 Å². The van der Waals surface area contributed by atoms with Gasteiger partial charge in [0.1, 0.15) is 7.85 Å². The summed E-state index contributed by atoms with van der Waals surface area (Å²) in [5.41, 5.74) is 4.68. The van der Waals surface area contributed by atoms with Gasteiger partial charge in [0.2, 0.25) is 0 Å². The quantitative estimate of drug-likeness (QED) is 0.676. The Bertz CT molecular complexity index is 331. The minimum atomic E-state index is 0.731. The molecule has 0 heterocycles. The minimum absolute atomic E-state index is 0.731. The van der Waals surface area contributed by atoms with Crippen LogP contribution in [0.2, 0.25) is 0 Å². The van der Waals surface area contributed by atoms with Crippen molar-refractivity contribution >= 4 is 19.6 Å². The minimum Gasteiger partial charge on any atom is -0.161 e. The lowest BCUT2D eigenvalue weighted by Crippen LogP contribution is -1.94. The standard InChI is InChI=1S/C12H15BS/c1-9-4-5-11(8-14-3)7-12(9)6-10(2)13/h4-5,7H,2,6,8H2,1,3H3. The fourth-order valence-corrected chi connectivity index (χ4v) is 1.93. The number of aryl methyl sites for hydroxylation is 1. The number of benzene rings is 1. The van der Waals surface area contributed by atoms with Gasteiger partial charge < -0.3 is 0 Å². The van der Waals surface area contributed by atoms with Crippen LogP contribution in [0.15, 0.2) is 30.3 Å². The van der Waals surface area contributed by atoms with Crippen LogP contribution < -0.4 is 0 Å². The van der Waals surface area contributed by atoms with Gasteiger partial charge in [-0.1, -0.05) is 18.2 Å². The summed E-state index contributed by atoms with van der Waals surface area (Å²) in [5.74, 6) is 1.06. The summed E-state index contributed by atoms with van der Waals surface area (Å²) in [7, 11) is 5.62. The van der Waals surface area contributed by atoms with Crippen molar-refractivity contribution in [3.63, 3.8) is 0 Å². The van der Waals surface area contributed by atoms with Crippen LogP contribution in [0.5, 0.6) is 0 Å². The van der Waals surface area contributed by atoms with Crippen molar-refractivity contribution in [3.8, 4) is 0 Å². The summed E-state index contributed by atoms with van der Waals surface area (Å²) in [5, 5.41) is 0. The highest BCUT2D eigenvalue weighted by molar-refractivity contribution is 7.97. The summed E-state index contributed by atoms with van der Waals surface area (Å²) >= 11 is 1.83. The molecule has 0 amide bonds. The SMILES string of the molecule is [B]C(=C)Cc1cc(CSC)ccc1C. The Morgan fingerprint density at radius 1 is 1.50 bits per heavy atom. The van der Waals surface area contributed by atoms with E-state index in [0.717, 1.165) is 17.6 Å². The molecular formula is C12H15BS. The van der Waals surface area contributed by atoms with Gasteiger partial charge in [0.25, 0.3) is 0 Å². The molecule has 72 valence electrons. The van der Waals surface area contributed by atoms with Crippen molar-refractivity contribution in [2.24, 2.45) is 0 Å². The molecule has 0 fully saturated rings. The van der Waals surface area contributed by atoms with E-state index < -0.39 is 0 Å². The van der Waals surface area contributed by atoms with E-state index >= 15 is 0 Å². The lowest BCUT2D eigenvalue weighted by Gasteiger charge is -2.08. The second kappa shape index (κ2) is 5.30. The van der Waals surface area contributed by atoms with Crippen LogP contribution in [0.3, 0.4) is 0 Å². The molecule has 1 aromatic carbocycles. The average Bonchev–Trinajstić information content (AvgIpc) is 2.10. The van der Waals surface area contributed by atoms with Crippen molar-refractivity contribution in [1.29, 1.82) is 0 Å². The van der Waals surface area contributed by atoms with E-state index in [9.17, 15) is 0 Å². The maximum Gasteiger partial charge on any atom is 0.107 e. The highest BCUT2D eigenvalue weighted by Crippen LogP contribution is 2.16. The van der Waals surface area contributed by atoms with Gasteiger partial charge in [-0.2, -0.15) is 11.8 Å². The van der Waals surface area contributed by atoms with Crippen LogP contribution >= 0.6 is 11.8 Å². The molecule has 1 rings (SSSR count). The predicted molar refractivity (Wildman–Crippen MR) is 67.0 cm³/mol. The van der Waals surface area contributed by atoms with Gasteiger partial charge in [0, 0.05) is 5.75 Å². The van der Waals surface area contributed by atoms with E-state index in [1.54, 1.807) is 0 Å². The lowest BCUT2D eigenvalue weighted by molar-refractivity contribution is 1.18. The molecule has 0 aliphatic rings. The number of hydrogen-bond donors (Lipinski definition) is 0. The maximum absolute atomic E-state index is 5.62. The molecular weight excluding hydrogens is 187 g/mol. The number of allylic oxidation sites excluding steroid dienone is 1. The molecule has 0 unspecified atom stereocenters. The van der Waals surface area contributed by atoms with E-state index in [-0.39, 0.29) is 0 Å². The Balaban J connectivity index is 2.90. The largest absolute Gasteiger partial charge is 0.161 e. The molecule has 0 saturated carbocycles. The Hall–Kier alpha value is -0.625. The van der Waals surface area contributed by atoms with Crippen LogP contribution in [-0.2, 0) is 12.2 Å². The van der Waals surface area contributed by atoms with Gasteiger partial charge in [0.05, 0.1) is 0 Å². The second-order valence-corrected chi connectivity index (χ2v) is 4.39. The normalized spacial score (nSPS) is 10.1. The molecule has 0 N–H and O–H groups in total. The third-order valence-electron chi connectivity index (χ3n) is 2.14. The Morgan fingerprint density at radius 3 is 2.79 bits per heavy atom. The smallest absolute Gasteiger partial charge is 0.107 e. The van der Waals surface area contributed by atoms with E-state index in [4.69, 9.17) is 7.85 Å². The maximum atomic E-state index is 5.62. The highest BCUT2D eigenvalue weighted by Gasteiger charge is 2.00. The molecule has 0 nitrogen and oxygen atoms in total. The number of hydrogen-bond acceptors (Lipinski definition) is 1. The summed E-state index contributed by atoms with van der Waals surface area (Å²) < 4.78 is 0. The Labute approximate surface area is 92.2 Å². The number of rotatable bonds is 4. The number of thioether (sulfide) groups is 1. The molecule has 2 radical (unpaired) electrons. The highest BCUT2D eigenvalue weighted by atomic mass is 32.2. The zero-order chi connectivity index (χ0) is 10.6. The van der Waals surface area contributed by atoms with Crippen LogP contribution in [0.25, 0.3) is 0 Å². The molecule has 0 aromatic heterocycles. The van der Waals surface area contributed by atoms with Crippen molar-refractivity contribution in [2.45, 2.75) is 19.1 Å². The molecule has 2 heteroatoms. The monoisotopic (exact) mass is 202 g/mol. The van der Waals surface area contributed by atoms with Crippen molar-refractivity contribution in [2.75, 3.05) is 6.26 Å². The third-order valence-corrected chi connectivity index (χ3v) is 2.76. The van der Waals surface area contributed by atoms with Gasteiger partial charge in [-0.25, -0.2) is 0 Å². The fraction of sp³-hybridized carbons (Fsp3) is 0.333. The molecule has 14 heavy (non-hydrogen) atoms. The van der Waals surface area contributed by atoms with E-state index in [0.29, 0.717) is 0 Å². The molecule has 0 aliphatic heterocycles. The van der Waals surface area contributed by atoms with Gasteiger partial charge in [-0.05, 0) is 36.3 Å². The topological polar surface area (TPSA) is 0 Å². The molecule has 0 bridgehead atoms. The second-order valence-electron chi connectivity index (χ2n) is 3.53. The first kappa shape index (κ1) is 11.4. The summed E-state index contributed by atoms with van der Waals surface area (Å²) in [6.07, 6.45) is 2.90. The first-order valence-corrected chi connectivity index (χ1v) is 6.03. The summed E-state index contributed by atoms with van der Waals surface area (Å²) in [6.45, 7) is 5.85. The molecule has 1 aromatic rings. The molecule has 0 saturated heterocycles. The van der Waals surface area contributed by atoms with Crippen molar-refractivity contribution in [3.05, 3.63) is 46.9 Å². The van der Waals surface area contributed by atoms with Gasteiger partial charge in [-0.3, -0.25) is 0 Å². The lowest BCUT2D eigenvalue weighted by atomic mass is 9.89. The summed E-state index contributed by atoms with van der Waals surface area (Å²) in [6, 6.07) is 6.56. The Kier molecular flexibility index (Phi) is 4.34. The predicted octanol–water partition coefficient (Wildman–Crippen LogP) is 3.08. The van der Waals surface area contributed by atoms with Crippen molar-refractivity contribution < 1.29 is 0 Å². The van der Waals surface area contributed by atoms with Gasteiger partial charge in [0.15, 0.2) is 0 Å². The van der Waals surface area contributed by atoms with E-state index in [1.807, 2.05) is 11.8 Å². The molecule has 0 spiro atoms. The van der Waals surface area contributed by atoms with Crippen LogP contribution in [0, 0.1) is 6.92 Å². The van der Waals surface area contributed by atoms with E-state index in [2.05, 4.69) is 38.0 Å². The molecule has 0 atom stereocenters. The first-order valence-electron chi connectivity index (χ1n) is 4.64. The van der Waals surface area contributed by atoms with Crippen LogP contribution in [0.4, 0.5) is 0 Å². The third kappa shape index (κ3) is 3.26. The Morgan fingerprint density at radius 2 is 2.21 bits per heavy atom. The zero-order valence-corrected chi connectivity index (χ0v) is 9.66. The summed E-state index contributed by atoms with van der Waals surface area (Å²) in [4.78, 5) is 0. The van der Waals surface area contributed by atoms with Gasteiger partial charge >= 0.3 is 0 Å². The average molecular weight is 202 g/mol. The molecule has 0 aliphatic carbocycles. The first-order chi connectivity index (χ1) is 6.63. The fourth-order valence-electron chi connectivity index (χ4n) is 1.42. The van der Waals surface area contributed by atoms with Crippen LogP contribution in [0.1, 0.15) is 16.7 Å². The van der Waals surface area contributed by atoms with Crippen molar-refractivity contribution in [1.82, 2.24) is 0 Å².